The van der Waals surface area contributed by atoms with Crippen molar-refractivity contribution < 1.29 is 14.1 Å². The number of hydrogen-bond donors (Lipinski definition) is 1. The van der Waals surface area contributed by atoms with Gasteiger partial charge in [0.2, 0.25) is 5.78 Å². The lowest BCUT2D eigenvalue weighted by molar-refractivity contribution is -0.558. The first kappa shape index (κ1) is 14.3. The lowest BCUT2D eigenvalue weighted by atomic mass is 10.0. The Kier molecular flexibility index (Phi) is 3.67. The molecule has 4 heteroatoms. The second-order valence-electron chi connectivity index (χ2n) is 5.44. The Balaban J connectivity index is 1.86. The van der Waals surface area contributed by atoms with E-state index in [1.165, 1.54) is 0 Å². The minimum Gasteiger partial charge on any atom is -0.497 e. The van der Waals surface area contributed by atoms with E-state index in [9.17, 15) is 4.79 Å². The van der Waals surface area contributed by atoms with Gasteiger partial charge >= 0.3 is 0 Å². The Bertz CT molecular complexity index is 748. The molecular formula is C18H19N2O2+. The van der Waals surface area contributed by atoms with E-state index in [-0.39, 0.29) is 11.8 Å². The average molecular weight is 295 g/mol. The SMILES string of the molecule is COc1ccc(C(=O)C(C)[N+]2=C(N)c3ccccc3C2)cc1. The molecule has 0 aromatic heterocycles. The molecule has 22 heavy (non-hydrogen) atoms. The topological polar surface area (TPSA) is 55.3 Å². The predicted octanol–water partition coefficient (Wildman–Crippen LogP) is 2.20. The van der Waals surface area contributed by atoms with Crippen molar-refractivity contribution in [3.8, 4) is 5.75 Å². The van der Waals surface area contributed by atoms with Gasteiger partial charge in [-0.1, -0.05) is 18.2 Å². The van der Waals surface area contributed by atoms with Gasteiger partial charge in [-0.2, -0.15) is 0 Å². The molecule has 0 radical (unpaired) electrons. The minimum atomic E-state index is -0.305. The fourth-order valence-electron chi connectivity index (χ4n) is 2.82. The van der Waals surface area contributed by atoms with Crippen molar-refractivity contribution >= 4 is 11.6 Å². The van der Waals surface area contributed by atoms with Crippen molar-refractivity contribution in [3.05, 3.63) is 65.2 Å². The molecule has 2 aromatic carbocycles. The molecule has 0 saturated heterocycles. The van der Waals surface area contributed by atoms with E-state index in [1.54, 1.807) is 31.4 Å². The lowest BCUT2D eigenvalue weighted by Crippen LogP contribution is -2.35. The number of amidine groups is 1. The molecule has 1 heterocycles. The molecule has 0 amide bonds. The summed E-state index contributed by atoms with van der Waals surface area (Å²) in [6, 6.07) is 14.9. The van der Waals surface area contributed by atoms with E-state index in [1.807, 2.05) is 35.8 Å². The number of nitrogens with two attached hydrogens (primary N) is 1. The first-order valence-electron chi connectivity index (χ1n) is 7.27. The van der Waals surface area contributed by atoms with Gasteiger partial charge in [0, 0.05) is 11.1 Å². The van der Waals surface area contributed by atoms with Crippen molar-refractivity contribution in [1.82, 2.24) is 0 Å². The fraction of sp³-hybridized carbons (Fsp3) is 0.222. The lowest BCUT2D eigenvalue weighted by Gasteiger charge is -2.12. The molecule has 0 bridgehead atoms. The summed E-state index contributed by atoms with van der Waals surface area (Å²) >= 11 is 0. The van der Waals surface area contributed by atoms with Gasteiger partial charge in [0.05, 0.1) is 12.7 Å². The number of ketones is 1. The van der Waals surface area contributed by atoms with Crippen LogP contribution in [-0.2, 0) is 6.54 Å². The number of fused-ring (bicyclic) bond motifs is 1. The van der Waals surface area contributed by atoms with Gasteiger partial charge in [-0.3, -0.25) is 10.5 Å². The van der Waals surface area contributed by atoms with Gasteiger partial charge < -0.3 is 4.74 Å². The molecular weight excluding hydrogens is 276 g/mol. The smallest absolute Gasteiger partial charge is 0.276 e. The van der Waals surface area contributed by atoms with E-state index in [4.69, 9.17) is 10.5 Å². The summed E-state index contributed by atoms with van der Waals surface area (Å²) in [4.78, 5) is 12.7. The highest BCUT2D eigenvalue weighted by atomic mass is 16.5. The maximum atomic E-state index is 12.7. The van der Waals surface area contributed by atoms with E-state index in [0.717, 1.165) is 16.9 Å². The van der Waals surface area contributed by atoms with Gasteiger partial charge in [-0.25, -0.2) is 4.58 Å². The summed E-state index contributed by atoms with van der Waals surface area (Å²) in [7, 11) is 1.61. The van der Waals surface area contributed by atoms with Gasteiger partial charge in [0.1, 0.15) is 12.3 Å². The van der Waals surface area contributed by atoms with Crippen LogP contribution in [0.15, 0.2) is 48.5 Å². The first-order valence-corrected chi connectivity index (χ1v) is 7.27. The zero-order valence-electron chi connectivity index (χ0n) is 12.7. The van der Waals surface area contributed by atoms with E-state index < -0.39 is 0 Å². The summed E-state index contributed by atoms with van der Waals surface area (Å²) in [5, 5.41) is 0. The zero-order chi connectivity index (χ0) is 15.7. The Hall–Kier alpha value is -2.62. The number of methoxy groups -OCH3 is 1. The Labute approximate surface area is 129 Å². The summed E-state index contributed by atoms with van der Waals surface area (Å²) in [6.45, 7) is 2.57. The standard InChI is InChI=1S/C18H18N2O2/c1-12(17(21)13-7-9-15(22-2)10-8-13)20-11-14-5-3-4-6-16(14)18(20)19/h3-10,12,19H,11H2,1-2H3/p+1. The van der Waals surface area contributed by atoms with Crippen molar-refractivity contribution in [2.45, 2.75) is 19.5 Å². The van der Waals surface area contributed by atoms with Crippen LogP contribution >= 0.6 is 0 Å². The molecule has 1 unspecified atom stereocenters. The average Bonchev–Trinajstić information content (AvgIpc) is 2.91. The Morgan fingerprint density at radius 2 is 1.86 bits per heavy atom. The van der Waals surface area contributed by atoms with Gasteiger partial charge in [-0.05, 0) is 37.3 Å². The summed E-state index contributed by atoms with van der Waals surface area (Å²) in [6.07, 6.45) is 0. The second-order valence-corrected chi connectivity index (χ2v) is 5.44. The van der Waals surface area contributed by atoms with Crippen LogP contribution in [0.5, 0.6) is 5.75 Å². The third-order valence-corrected chi connectivity index (χ3v) is 4.16. The van der Waals surface area contributed by atoms with E-state index in [0.29, 0.717) is 17.9 Å². The predicted molar refractivity (Wildman–Crippen MR) is 85.5 cm³/mol. The van der Waals surface area contributed by atoms with Crippen molar-refractivity contribution in [3.63, 3.8) is 0 Å². The maximum absolute atomic E-state index is 12.7. The minimum absolute atomic E-state index is 0.0541. The summed E-state index contributed by atoms with van der Waals surface area (Å²) < 4.78 is 7.08. The molecule has 2 N–H and O–H groups in total. The number of hydrogen-bond acceptors (Lipinski definition) is 3. The molecule has 0 fully saturated rings. The molecule has 1 atom stereocenters. The maximum Gasteiger partial charge on any atom is 0.276 e. The fourth-order valence-corrected chi connectivity index (χ4v) is 2.82. The third-order valence-electron chi connectivity index (χ3n) is 4.16. The number of carbonyl (C=O) groups excluding carboxylic acids is 1. The van der Waals surface area contributed by atoms with Crippen LogP contribution in [0.4, 0.5) is 0 Å². The van der Waals surface area contributed by atoms with Crippen molar-refractivity contribution in [2.24, 2.45) is 5.73 Å². The van der Waals surface area contributed by atoms with Crippen LogP contribution in [0.1, 0.15) is 28.4 Å². The highest BCUT2D eigenvalue weighted by molar-refractivity contribution is 6.01. The monoisotopic (exact) mass is 295 g/mol. The molecule has 112 valence electrons. The van der Waals surface area contributed by atoms with Crippen molar-refractivity contribution in [1.29, 1.82) is 0 Å². The van der Waals surface area contributed by atoms with Crippen LogP contribution in [0.25, 0.3) is 0 Å². The number of rotatable bonds is 4. The number of Topliss-reactive ketones (excluding diaryl/α,β-unsaturated/α-hetero) is 1. The first-order chi connectivity index (χ1) is 10.6. The zero-order valence-corrected chi connectivity index (χ0v) is 12.7. The molecule has 2 aromatic rings. The number of benzene rings is 2. The molecule has 3 rings (SSSR count). The quantitative estimate of drug-likeness (QED) is 0.695. The van der Waals surface area contributed by atoms with Crippen LogP contribution < -0.4 is 10.5 Å². The van der Waals surface area contributed by atoms with Crippen LogP contribution in [0.2, 0.25) is 0 Å². The largest absolute Gasteiger partial charge is 0.497 e. The number of ether oxygens (including phenoxy) is 1. The molecule has 0 saturated carbocycles. The van der Waals surface area contributed by atoms with Crippen LogP contribution in [-0.4, -0.2) is 29.3 Å². The van der Waals surface area contributed by atoms with E-state index in [2.05, 4.69) is 0 Å². The Morgan fingerprint density at radius 3 is 2.50 bits per heavy atom. The van der Waals surface area contributed by atoms with Crippen LogP contribution in [0, 0.1) is 0 Å². The summed E-state index contributed by atoms with van der Waals surface area (Å²) in [5.41, 5.74) is 9.07. The molecule has 0 spiro atoms. The van der Waals surface area contributed by atoms with Crippen molar-refractivity contribution in [2.75, 3.05) is 7.11 Å². The molecule has 1 aliphatic heterocycles. The highest BCUT2D eigenvalue weighted by Crippen LogP contribution is 2.20. The number of carbonyl (C=O) groups is 1. The van der Waals surface area contributed by atoms with Crippen LogP contribution in [0.3, 0.4) is 0 Å². The Morgan fingerprint density at radius 1 is 1.18 bits per heavy atom. The number of nitrogens with zero attached hydrogens (tertiary/aromatic N) is 1. The third kappa shape index (κ3) is 2.37. The van der Waals surface area contributed by atoms with Gasteiger partial charge in [-0.15, -0.1) is 0 Å². The normalized spacial score (nSPS) is 14.6. The van der Waals surface area contributed by atoms with Gasteiger partial charge in [0.25, 0.3) is 5.84 Å². The van der Waals surface area contributed by atoms with Gasteiger partial charge in [0.15, 0.2) is 6.04 Å². The summed E-state index contributed by atoms with van der Waals surface area (Å²) in [5.74, 6) is 1.47. The van der Waals surface area contributed by atoms with E-state index >= 15 is 0 Å². The molecule has 4 nitrogen and oxygen atoms in total. The molecule has 1 aliphatic rings. The molecule has 0 aliphatic carbocycles. The second kappa shape index (κ2) is 5.64. The highest BCUT2D eigenvalue weighted by Gasteiger charge is 2.31.